The Bertz CT molecular complexity index is 533. The van der Waals surface area contributed by atoms with Crippen molar-refractivity contribution in [1.29, 1.82) is 0 Å². The third kappa shape index (κ3) is 5.85. The van der Waals surface area contributed by atoms with E-state index < -0.39 is 0 Å². The van der Waals surface area contributed by atoms with E-state index in [0.29, 0.717) is 22.2 Å². The first-order valence-corrected chi connectivity index (χ1v) is 7.91. The highest BCUT2D eigenvalue weighted by molar-refractivity contribution is 6.36. The quantitative estimate of drug-likeness (QED) is 0.890. The summed E-state index contributed by atoms with van der Waals surface area (Å²) in [4.78, 5) is 25.8. The smallest absolute Gasteiger partial charge is 0.240 e. The molecule has 0 saturated carbocycles. The molecule has 0 saturated heterocycles. The largest absolute Gasteiger partial charge is 0.350 e. The van der Waals surface area contributed by atoms with Gasteiger partial charge >= 0.3 is 0 Å². The minimum atomic E-state index is -0.328. The average Bonchev–Trinajstić information content (AvgIpc) is 2.38. The number of nitrogens with one attached hydrogen (secondary N) is 1. The molecule has 0 aliphatic heterocycles. The standard InChI is InChI=1S/C16H22Cl2N2O2/c1-5-20(10-14(21)19-16(2,3)4)15(22)9-11-12(17)7-6-8-13(11)18/h6-8H,5,9-10H2,1-4H3,(H,19,21). The van der Waals surface area contributed by atoms with Gasteiger partial charge in [0.25, 0.3) is 0 Å². The van der Waals surface area contributed by atoms with Crippen LogP contribution in [0.2, 0.25) is 10.0 Å². The molecule has 1 N–H and O–H groups in total. The maximum Gasteiger partial charge on any atom is 0.240 e. The monoisotopic (exact) mass is 344 g/mol. The Labute approximate surface area is 141 Å². The van der Waals surface area contributed by atoms with E-state index in [9.17, 15) is 9.59 Å². The zero-order valence-electron chi connectivity index (χ0n) is 13.4. The van der Waals surface area contributed by atoms with Gasteiger partial charge in [-0.2, -0.15) is 0 Å². The molecule has 0 aliphatic rings. The molecule has 0 spiro atoms. The number of hydrogen-bond acceptors (Lipinski definition) is 2. The van der Waals surface area contributed by atoms with E-state index in [1.165, 1.54) is 4.90 Å². The molecular formula is C16H22Cl2N2O2. The Morgan fingerprint density at radius 3 is 2.18 bits per heavy atom. The van der Waals surface area contributed by atoms with Crippen LogP contribution in [0.1, 0.15) is 33.3 Å². The summed E-state index contributed by atoms with van der Waals surface area (Å²) in [5.74, 6) is -0.366. The molecule has 0 atom stereocenters. The van der Waals surface area contributed by atoms with Gasteiger partial charge < -0.3 is 10.2 Å². The molecule has 2 amide bonds. The van der Waals surface area contributed by atoms with Gasteiger partial charge in [0.15, 0.2) is 0 Å². The molecule has 4 nitrogen and oxygen atoms in total. The normalized spacial score (nSPS) is 11.2. The second kappa shape index (κ2) is 7.84. The summed E-state index contributed by atoms with van der Waals surface area (Å²) in [6.07, 6.45) is 0.0785. The summed E-state index contributed by atoms with van der Waals surface area (Å²) in [5.41, 5.74) is 0.261. The van der Waals surface area contributed by atoms with Crippen LogP contribution in [-0.4, -0.2) is 35.3 Å². The van der Waals surface area contributed by atoms with Gasteiger partial charge in [-0.15, -0.1) is 0 Å². The molecule has 122 valence electrons. The Morgan fingerprint density at radius 1 is 1.18 bits per heavy atom. The SMILES string of the molecule is CCN(CC(=O)NC(C)(C)C)C(=O)Cc1c(Cl)cccc1Cl. The summed E-state index contributed by atoms with van der Waals surface area (Å²) < 4.78 is 0. The molecule has 1 rings (SSSR count). The van der Waals surface area contributed by atoms with Gasteiger partial charge in [-0.25, -0.2) is 0 Å². The molecular weight excluding hydrogens is 323 g/mol. The van der Waals surface area contributed by atoms with Gasteiger partial charge in [-0.05, 0) is 45.4 Å². The zero-order chi connectivity index (χ0) is 16.9. The molecule has 1 aromatic rings. The fourth-order valence-electron chi connectivity index (χ4n) is 1.97. The minimum Gasteiger partial charge on any atom is -0.350 e. The van der Waals surface area contributed by atoms with Crippen molar-refractivity contribution in [3.8, 4) is 0 Å². The van der Waals surface area contributed by atoms with Crippen molar-refractivity contribution in [2.75, 3.05) is 13.1 Å². The van der Waals surface area contributed by atoms with Crippen molar-refractivity contribution in [3.63, 3.8) is 0 Å². The highest BCUT2D eigenvalue weighted by atomic mass is 35.5. The number of halogens is 2. The zero-order valence-corrected chi connectivity index (χ0v) is 14.9. The average molecular weight is 345 g/mol. The van der Waals surface area contributed by atoms with Crippen LogP contribution in [0.3, 0.4) is 0 Å². The van der Waals surface area contributed by atoms with Crippen molar-refractivity contribution in [2.24, 2.45) is 0 Å². The predicted octanol–water partition coefficient (Wildman–Crippen LogP) is 3.30. The van der Waals surface area contributed by atoms with Crippen LogP contribution < -0.4 is 5.32 Å². The van der Waals surface area contributed by atoms with Crippen LogP contribution in [0.25, 0.3) is 0 Å². The Morgan fingerprint density at radius 2 is 1.73 bits per heavy atom. The summed E-state index contributed by atoms with van der Waals surface area (Å²) in [7, 11) is 0. The highest BCUT2D eigenvalue weighted by Crippen LogP contribution is 2.25. The van der Waals surface area contributed by atoms with Crippen molar-refractivity contribution in [1.82, 2.24) is 10.2 Å². The van der Waals surface area contributed by atoms with Crippen LogP contribution in [0.5, 0.6) is 0 Å². The van der Waals surface area contributed by atoms with E-state index in [4.69, 9.17) is 23.2 Å². The summed E-state index contributed by atoms with van der Waals surface area (Å²) >= 11 is 12.2. The lowest BCUT2D eigenvalue weighted by Crippen LogP contribution is -2.47. The van der Waals surface area contributed by atoms with Gasteiger partial charge in [0.2, 0.25) is 11.8 Å². The Balaban J connectivity index is 2.75. The molecule has 0 heterocycles. The number of amides is 2. The predicted molar refractivity (Wildman–Crippen MR) is 90.3 cm³/mol. The molecule has 22 heavy (non-hydrogen) atoms. The Hall–Kier alpha value is -1.26. The van der Waals surface area contributed by atoms with E-state index in [1.807, 2.05) is 27.7 Å². The van der Waals surface area contributed by atoms with E-state index in [-0.39, 0.29) is 30.3 Å². The van der Waals surface area contributed by atoms with E-state index >= 15 is 0 Å². The molecule has 0 bridgehead atoms. The van der Waals surface area contributed by atoms with Gasteiger partial charge in [0.1, 0.15) is 0 Å². The third-order valence-corrected chi connectivity index (χ3v) is 3.68. The van der Waals surface area contributed by atoms with E-state index in [2.05, 4.69) is 5.32 Å². The number of likely N-dealkylation sites (N-methyl/N-ethyl adjacent to an activating group) is 1. The number of benzene rings is 1. The van der Waals surface area contributed by atoms with Crippen LogP contribution in [0.15, 0.2) is 18.2 Å². The lowest BCUT2D eigenvalue weighted by atomic mass is 10.1. The van der Waals surface area contributed by atoms with Crippen LogP contribution in [0, 0.1) is 0 Å². The van der Waals surface area contributed by atoms with Crippen LogP contribution in [-0.2, 0) is 16.0 Å². The first kappa shape index (κ1) is 18.8. The van der Waals surface area contributed by atoms with Crippen molar-refractivity contribution < 1.29 is 9.59 Å². The van der Waals surface area contributed by atoms with Crippen molar-refractivity contribution >= 4 is 35.0 Å². The van der Waals surface area contributed by atoms with Gasteiger partial charge in [-0.3, -0.25) is 9.59 Å². The summed E-state index contributed by atoms with van der Waals surface area (Å²) in [6.45, 7) is 7.98. The number of hydrogen-bond donors (Lipinski definition) is 1. The van der Waals surface area contributed by atoms with E-state index in [0.717, 1.165) is 0 Å². The number of rotatable bonds is 5. The Kier molecular flexibility index (Phi) is 6.69. The molecule has 0 radical (unpaired) electrons. The van der Waals surface area contributed by atoms with Crippen LogP contribution >= 0.6 is 23.2 Å². The molecule has 0 aliphatic carbocycles. The van der Waals surface area contributed by atoms with Crippen LogP contribution in [0.4, 0.5) is 0 Å². The van der Waals surface area contributed by atoms with Gasteiger partial charge in [0, 0.05) is 22.1 Å². The third-order valence-electron chi connectivity index (χ3n) is 2.97. The fraction of sp³-hybridized carbons (Fsp3) is 0.500. The highest BCUT2D eigenvalue weighted by Gasteiger charge is 2.20. The van der Waals surface area contributed by atoms with Crippen molar-refractivity contribution in [2.45, 2.75) is 39.7 Å². The lowest BCUT2D eigenvalue weighted by Gasteiger charge is -2.25. The summed E-state index contributed by atoms with van der Waals surface area (Å²) in [6, 6.07) is 5.12. The topological polar surface area (TPSA) is 49.4 Å². The van der Waals surface area contributed by atoms with Crippen molar-refractivity contribution in [3.05, 3.63) is 33.8 Å². The minimum absolute atomic E-state index is 0.0225. The number of carbonyl (C=O) groups excluding carboxylic acids is 2. The number of nitrogens with zero attached hydrogens (tertiary/aromatic N) is 1. The first-order valence-electron chi connectivity index (χ1n) is 7.15. The maximum absolute atomic E-state index is 12.4. The molecule has 0 fully saturated rings. The second-order valence-electron chi connectivity index (χ2n) is 6.08. The first-order chi connectivity index (χ1) is 10.1. The maximum atomic E-state index is 12.4. The lowest BCUT2D eigenvalue weighted by molar-refractivity contribution is -0.135. The molecule has 0 unspecified atom stereocenters. The van der Waals surface area contributed by atoms with Gasteiger partial charge in [0.05, 0.1) is 13.0 Å². The van der Waals surface area contributed by atoms with E-state index in [1.54, 1.807) is 18.2 Å². The fourth-order valence-corrected chi connectivity index (χ4v) is 2.50. The molecule has 1 aromatic carbocycles. The second-order valence-corrected chi connectivity index (χ2v) is 6.90. The van der Waals surface area contributed by atoms with Gasteiger partial charge in [-0.1, -0.05) is 29.3 Å². The number of carbonyl (C=O) groups is 2. The summed E-state index contributed by atoms with van der Waals surface area (Å²) in [5, 5.41) is 3.75. The molecule has 6 heteroatoms. The molecule has 0 aromatic heterocycles.